The Kier molecular flexibility index (Phi) is 12.0. The van der Waals surface area contributed by atoms with Gasteiger partial charge in [0.2, 0.25) is 0 Å². The fourth-order valence-electron chi connectivity index (χ4n) is 2.63. The van der Waals surface area contributed by atoms with E-state index in [1.165, 1.54) is 38.8 Å². The first-order chi connectivity index (χ1) is 12.2. The maximum Gasteiger partial charge on any atom is 0.338 e. The van der Waals surface area contributed by atoms with Gasteiger partial charge in [-0.1, -0.05) is 38.8 Å². The van der Waals surface area contributed by atoms with Gasteiger partial charge in [0.15, 0.2) is 0 Å². The first-order valence-electron chi connectivity index (χ1n) is 9.77. The van der Waals surface area contributed by atoms with Crippen LogP contribution in [-0.2, 0) is 16.1 Å². The van der Waals surface area contributed by atoms with Crippen LogP contribution in [0.1, 0.15) is 68.8 Å². The van der Waals surface area contributed by atoms with E-state index in [-0.39, 0.29) is 5.97 Å². The van der Waals surface area contributed by atoms with Gasteiger partial charge in [0.1, 0.15) is 0 Å². The van der Waals surface area contributed by atoms with Gasteiger partial charge in [-0.05, 0) is 57.0 Å². The third-order valence-corrected chi connectivity index (χ3v) is 4.15. The minimum absolute atomic E-state index is 0.269. The molecule has 1 aromatic rings. The molecule has 0 aromatic heterocycles. The molecular formula is C21H35NO3. The van der Waals surface area contributed by atoms with Crippen LogP contribution in [-0.4, -0.2) is 43.7 Å². The van der Waals surface area contributed by atoms with Gasteiger partial charge in [0, 0.05) is 13.2 Å². The molecule has 0 spiro atoms. The molecule has 0 N–H and O–H groups in total. The van der Waals surface area contributed by atoms with E-state index in [0.29, 0.717) is 18.8 Å². The van der Waals surface area contributed by atoms with Crippen LogP contribution in [0.2, 0.25) is 0 Å². The summed E-state index contributed by atoms with van der Waals surface area (Å²) >= 11 is 0. The quantitative estimate of drug-likeness (QED) is 0.361. The summed E-state index contributed by atoms with van der Waals surface area (Å²) in [6.07, 6.45) is 6.12. The number of hydrogen-bond acceptors (Lipinski definition) is 4. The molecule has 0 aliphatic heterocycles. The number of rotatable bonds is 14. The molecule has 142 valence electrons. The molecule has 0 atom stereocenters. The van der Waals surface area contributed by atoms with Gasteiger partial charge in [-0.15, -0.1) is 0 Å². The molecule has 0 heterocycles. The van der Waals surface area contributed by atoms with E-state index < -0.39 is 0 Å². The van der Waals surface area contributed by atoms with Gasteiger partial charge in [-0.3, -0.25) is 0 Å². The standard InChI is InChI=1S/C21H35NO3/c1-4-7-14-22(15-8-5-2)16-9-17-24-18-19-10-12-20(13-11-19)21(23)25-6-3/h10-13H,4-9,14-18H2,1-3H3. The number of ether oxygens (including phenoxy) is 2. The van der Waals surface area contributed by atoms with Crippen molar-refractivity contribution >= 4 is 5.97 Å². The minimum Gasteiger partial charge on any atom is -0.462 e. The molecule has 1 rings (SSSR count). The molecule has 0 fully saturated rings. The summed E-state index contributed by atoms with van der Waals surface area (Å²) in [5.74, 6) is -0.269. The summed E-state index contributed by atoms with van der Waals surface area (Å²) in [6, 6.07) is 7.46. The molecule has 0 saturated heterocycles. The maximum atomic E-state index is 11.6. The van der Waals surface area contributed by atoms with E-state index in [0.717, 1.165) is 25.1 Å². The number of nitrogens with zero attached hydrogens (tertiary/aromatic N) is 1. The normalized spacial score (nSPS) is 11.0. The van der Waals surface area contributed by atoms with Crippen LogP contribution in [0.15, 0.2) is 24.3 Å². The predicted octanol–water partition coefficient (Wildman–Crippen LogP) is 4.67. The van der Waals surface area contributed by atoms with E-state index >= 15 is 0 Å². The van der Waals surface area contributed by atoms with Crippen molar-refractivity contribution in [3.8, 4) is 0 Å². The second-order valence-corrected chi connectivity index (χ2v) is 6.37. The largest absolute Gasteiger partial charge is 0.462 e. The monoisotopic (exact) mass is 349 g/mol. The van der Waals surface area contributed by atoms with Gasteiger partial charge < -0.3 is 14.4 Å². The van der Waals surface area contributed by atoms with Crippen LogP contribution in [0.3, 0.4) is 0 Å². The van der Waals surface area contributed by atoms with E-state index in [1.54, 1.807) is 12.1 Å². The molecule has 0 bridgehead atoms. The van der Waals surface area contributed by atoms with E-state index in [4.69, 9.17) is 9.47 Å². The van der Waals surface area contributed by atoms with Crippen LogP contribution in [0.4, 0.5) is 0 Å². The number of carbonyl (C=O) groups excluding carboxylic acids is 1. The van der Waals surface area contributed by atoms with Gasteiger partial charge >= 0.3 is 5.97 Å². The molecule has 4 heteroatoms. The van der Waals surface area contributed by atoms with Crippen molar-refractivity contribution in [2.45, 2.75) is 59.5 Å². The third kappa shape index (κ3) is 9.61. The maximum absolute atomic E-state index is 11.6. The Morgan fingerprint density at radius 2 is 1.52 bits per heavy atom. The fraction of sp³-hybridized carbons (Fsp3) is 0.667. The Labute approximate surface area is 153 Å². The highest BCUT2D eigenvalue weighted by atomic mass is 16.5. The van der Waals surface area contributed by atoms with Crippen molar-refractivity contribution in [1.82, 2.24) is 4.90 Å². The van der Waals surface area contributed by atoms with Crippen molar-refractivity contribution in [2.75, 3.05) is 32.8 Å². The van der Waals surface area contributed by atoms with Crippen LogP contribution < -0.4 is 0 Å². The van der Waals surface area contributed by atoms with Gasteiger partial charge in [0.05, 0.1) is 18.8 Å². The SMILES string of the molecule is CCCCN(CCCC)CCCOCc1ccc(C(=O)OCC)cc1. The van der Waals surface area contributed by atoms with E-state index in [2.05, 4.69) is 18.7 Å². The molecule has 0 aliphatic carbocycles. The fourth-order valence-corrected chi connectivity index (χ4v) is 2.63. The summed E-state index contributed by atoms with van der Waals surface area (Å²) in [4.78, 5) is 14.2. The van der Waals surface area contributed by atoms with Crippen molar-refractivity contribution < 1.29 is 14.3 Å². The van der Waals surface area contributed by atoms with E-state index in [1.807, 2.05) is 19.1 Å². The van der Waals surface area contributed by atoms with E-state index in [9.17, 15) is 4.79 Å². The number of hydrogen-bond donors (Lipinski definition) is 0. The lowest BCUT2D eigenvalue weighted by atomic mass is 10.1. The summed E-state index contributed by atoms with van der Waals surface area (Å²) in [7, 11) is 0. The molecule has 0 aliphatic rings. The average Bonchev–Trinajstić information content (AvgIpc) is 2.63. The third-order valence-electron chi connectivity index (χ3n) is 4.15. The van der Waals surface area contributed by atoms with Gasteiger partial charge in [-0.25, -0.2) is 4.79 Å². The second-order valence-electron chi connectivity index (χ2n) is 6.37. The molecule has 25 heavy (non-hydrogen) atoms. The second kappa shape index (κ2) is 13.9. The lowest BCUT2D eigenvalue weighted by Gasteiger charge is -2.21. The highest BCUT2D eigenvalue weighted by Crippen LogP contribution is 2.08. The number of unbranched alkanes of at least 4 members (excludes halogenated alkanes) is 2. The molecule has 0 amide bonds. The molecular weight excluding hydrogens is 314 g/mol. The predicted molar refractivity (Wildman–Crippen MR) is 103 cm³/mol. The Balaban J connectivity index is 2.24. The minimum atomic E-state index is -0.269. The molecule has 0 radical (unpaired) electrons. The Morgan fingerprint density at radius 3 is 2.08 bits per heavy atom. The van der Waals surface area contributed by atoms with Gasteiger partial charge in [0.25, 0.3) is 0 Å². The average molecular weight is 350 g/mol. The van der Waals surface area contributed by atoms with Crippen molar-refractivity contribution in [3.63, 3.8) is 0 Å². The highest BCUT2D eigenvalue weighted by Gasteiger charge is 2.06. The molecule has 4 nitrogen and oxygen atoms in total. The Morgan fingerprint density at radius 1 is 0.920 bits per heavy atom. The van der Waals surface area contributed by atoms with Crippen LogP contribution in [0.5, 0.6) is 0 Å². The van der Waals surface area contributed by atoms with Crippen molar-refractivity contribution in [2.24, 2.45) is 0 Å². The van der Waals surface area contributed by atoms with Crippen molar-refractivity contribution in [3.05, 3.63) is 35.4 Å². The van der Waals surface area contributed by atoms with Crippen LogP contribution in [0.25, 0.3) is 0 Å². The number of esters is 1. The summed E-state index contributed by atoms with van der Waals surface area (Å²) in [6.45, 7) is 11.6. The van der Waals surface area contributed by atoms with Crippen LogP contribution >= 0.6 is 0 Å². The molecule has 0 unspecified atom stereocenters. The lowest BCUT2D eigenvalue weighted by Crippen LogP contribution is -2.28. The Bertz CT molecular complexity index is 451. The van der Waals surface area contributed by atoms with Crippen molar-refractivity contribution in [1.29, 1.82) is 0 Å². The highest BCUT2D eigenvalue weighted by molar-refractivity contribution is 5.89. The Hall–Kier alpha value is -1.39. The topological polar surface area (TPSA) is 38.8 Å². The summed E-state index contributed by atoms with van der Waals surface area (Å²) < 4.78 is 10.8. The number of benzene rings is 1. The van der Waals surface area contributed by atoms with Gasteiger partial charge in [-0.2, -0.15) is 0 Å². The summed E-state index contributed by atoms with van der Waals surface area (Å²) in [5, 5.41) is 0. The van der Waals surface area contributed by atoms with Crippen LogP contribution in [0, 0.1) is 0 Å². The lowest BCUT2D eigenvalue weighted by molar-refractivity contribution is 0.0526. The molecule has 1 aromatic carbocycles. The zero-order valence-corrected chi connectivity index (χ0v) is 16.3. The smallest absolute Gasteiger partial charge is 0.338 e. The first-order valence-corrected chi connectivity index (χ1v) is 9.77. The number of carbonyl (C=O) groups is 1. The zero-order chi connectivity index (χ0) is 18.3. The molecule has 0 saturated carbocycles. The summed E-state index contributed by atoms with van der Waals surface area (Å²) in [5.41, 5.74) is 1.68. The first kappa shape index (κ1) is 21.7. The zero-order valence-electron chi connectivity index (χ0n) is 16.3.